The van der Waals surface area contributed by atoms with Crippen LogP contribution in [0.2, 0.25) is 0 Å². The lowest BCUT2D eigenvalue weighted by Gasteiger charge is -2.56. The first-order valence-corrected chi connectivity index (χ1v) is 14.3. The summed E-state index contributed by atoms with van der Waals surface area (Å²) in [7, 11) is 0. The Balaban J connectivity index is 1.54. The normalized spacial score (nSPS) is 26.1. The molecule has 0 N–H and O–H groups in total. The Morgan fingerprint density at radius 3 is 1.78 bits per heavy atom. The highest BCUT2D eigenvalue weighted by Gasteiger charge is 2.53. The van der Waals surface area contributed by atoms with Gasteiger partial charge in [-0.3, -0.25) is 4.90 Å². The van der Waals surface area contributed by atoms with Crippen molar-refractivity contribution in [3.8, 4) is 6.07 Å². The predicted octanol–water partition coefficient (Wildman–Crippen LogP) is 7.33. The molecule has 3 aromatic carbocycles. The van der Waals surface area contributed by atoms with Crippen LogP contribution in [-0.2, 0) is 10.3 Å². The number of hydrogen-bond donors (Lipinski definition) is 0. The molecule has 4 heteroatoms. The van der Waals surface area contributed by atoms with Gasteiger partial charge < -0.3 is 4.74 Å². The lowest BCUT2D eigenvalue weighted by molar-refractivity contribution is -0.119. The largest absolute Gasteiger partial charge is 0.359 e. The van der Waals surface area contributed by atoms with Crippen LogP contribution in [0.25, 0.3) is 0 Å². The van der Waals surface area contributed by atoms with Crippen LogP contribution in [0, 0.1) is 23.2 Å². The molecule has 0 spiro atoms. The van der Waals surface area contributed by atoms with Crippen molar-refractivity contribution in [2.75, 3.05) is 13.2 Å². The maximum Gasteiger partial charge on any atom is 0.143 e. The van der Waals surface area contributed by atoms with E-state index in [4.69, 9.17) is 4.74 Å². The number of nitrogens with zero attached hydrogens (tertiary/aromatic N) is 2. The van der Waals surface area contributed by atoms with Crippen LogP contribution in [0.4, 0.5) is 0 Å². The first kappa shape index (κ1) is 25.9. The summed E-state index contributed by atoms with van der Waals surface area (Å²) in [6.45, 7) is 5.23. The molecular formula is C33H35BrN2O. The average molecular weight is 556 g/mol. The molecule has 0 aromatic heterocycles. The van der Waals surface area contributed by atoms with Gasteiger partial charge in [0, 0.05) is 23.3 Å². The van der Waals surface area contributed by atoms with E-state index in [2.05, 4.69) is 124 Å². The lowest BCUT2D eigenvalue weighted by atomic mass is 9.67. The van der Waals surface area contributed by atoms with Crippen LogP contribution >= 0.6 is 15.9 Å². The third-order valence-electron chi connectivity index (χ3n) is 8.32. The van der Waals surface area contributed by atoms with Crippen LogP contribution < -0.4 is 0 Å². The maximum atomic E-state index is 10.1. The molecule has 0 unspecified atom stereocenters. The quantitative estimate of drug-likeness (QED) is 0.158. The van der Waals surface area contributed by atoms with Gasteiger partial charge in [0.25, 0.3) is 0 Å². The molecule has 3 atom stereocenters. The van der Waals surface area contributed by atoms with Gasteiger partial charge in [-0.1, -0.05) is 113 Å². The third kappa shape index (κ3) is 5.06. The third-order valence-corrected chi connectivity index (χ3v) is 9.24. The van der Waals surface area contributed by atoms with Crippen LogP contribution in [-0.4, -0.2) is 35.0 Å². The summed E-state index contributed by atoms with van der Waals surface area (Å²) in [5, 5.41) is 10.1. The molecule has 1 aliphatic carbocycles. The Labute approximate surface area is 229 Å². The summed E-state index contributed by atoms with van der Waals surface area (Å²) in [4.78, 5) is 2.90. The van der Waals surface area contributed by atoms with E-state index in [-0.39, 0.29) is 12.1 Å². The summed E-state index contributed by atoms with van der Waals surface area (Å²) in [6.07, 6.45) is 6.60. The zero-order valence-electron chi connectivity index (χ0n) is 21.3. The molecule has 37 heavy (non-hydrogen) atoms. The Kier molecular flexibility index (Phi) is 8.25. The minimum absolute atomic E-state index is 0.0805. The van der Waals surface area contributed by atoms with Crippen molar-refractivity contribution in [2.45, 2.75) is 48.2 Å². The smallest absolute Gasteiger partial charge is 0.143 e. The van der Waals surface area contributed by atoms with Crippen molar-refractivity contribution >= 4 is 15.9 Å². The second-order valence-corrected chi connectivity index (χ2v) is 11.6. The summed E-state index contributed by atoms with van der Waals surface area (Å²) in [5.74, 6) is 0.859. The van der Waals surface area contributed by atoms with Crippen LogP contribution in [0.3, 0.4) is 0 Å². The van der Waals surface area contributed by atoms with Crippen molar-refractivity contribution in [3.63, 3.8) is 0 Å². The number of benzene rings is 3. The van der Waals surface area contributed by atoms with Crippen molar-refractivity contribution in [1.82, 2.24) is 4.90 Å². The molecule has 5 rings (SSSR count). The molecule has 1 aliphatic heterocycles. The molecule has 2 fully saturated rings. The molecule has 0 amide bonds. The van der Waals surface area contributed by atoms with Gasteiger partial charge in [-0.15, -0.1) is 6.58 Å². The fraction of sp³-hybridized carbons (Fsp3) is 0.364. The number of likely N-dealkylation sites (tertiary alicyclic amines) is 1. The number of hydrogen-bond acceptors (Lipinski definition) is 3. The highest BCUT2D eigenvalue weighted by Crippen LogP contribution is 2.47. The van der Waals surface area contributed by atoms with E-state index < -0.39 is 5.60 Å². The van der Waals surface area contributed by atoms with E-state index in [0.717, 1.165) is 16.7 Å². The Hall–Kier alpha value is -2.71. The van der Waals surface area contributed by atoms with E-state index in [9.17, 15) is 5.26 Å². The Morgan fingerprint density at radius 2 is 1.35 bits per heavy atom. The van der Waals surface area contributed by atoms with Gasteiger partial charge in [0.15, 0.2) is 0 Å². The van der Waals surface area contributed by atoms with E-state index in [1.165, 1.54) is 25.7 Å². The molecular weight excluding hydrogens is 520 g/mol. The number of alkyl halides is 1. The summed E-state index contributed by atoms with van der Waals surface area (Å²) in [5.41, 5.74) is 2.57. The minimum Gasteiger partial charge on any atom is -0.359 e. The van der Waals surface area contributed by atoms with Crippen LogP contribution in [0.5, 0.6) is 0 Å². The molecule has 190 valence electrons. The van der Waals surface area contributed by atoms with E-state index in [1.54, 1.807) is 0 Å². The standard InChI is InChI=1S/C33H35BrN2O/c1-2-22-36-30(23-35)32(25-18-20-29(34)21-19-25)31(36)24-37-33(26-12-6-3-7-13-26,27-14-8-4-9-15-27)28-16-10-5-11-17-28/h2-17,25,29-32H,1,18-22,24H2/t25?,29?,30-,31+,32-/m0/s1. The second-order valence-electron chi connectivity index (χ2n) is 10.3. The summed E-state index contributed by atoms with van der Waals surface area (Å²) < 4.78 is 7.21. The summed E-state index contributed by atoms with van der Waals surface area (Å²) in [6, 6.07) is 34.3. The molecule has 1 saturated carbocycles. The minimum atomic E-state index is -0.751. The second kappa shape index (κ2) is 11.8. The zero-order valence-corrected chi connectivity index (χ0v) is 22.8. The average Bonchev–Trinajstić information content (AvgIpc) is 2.95. The van der Waals surface area contributed by atoms with Crippen molar-refractivity contribution in [3.05, 3.63) is 120 Å². The number of nitriles is 1. The fourth-order valence-electron chi connectivity index (χ4n) is 6.54. The highest BCUT2D eigenvalue weighted by atomic mass is 79.9. The molecule has 0 radical (unpaired) electrons. The summed E-state index contributed by atoms with van der Waals surface area (Å²) >= 11 is 3.81. The molecule has 1 saturated heterocycles. The number of rotatable bonds is 9. The van der Waals surface area contributed by atoms with Crippen molar-refractivity contribution < 1.29 is 4.74 Å². The lowest BCUT2D eigenvalue weighted by Crippen LogP contribution is -2.67. The predicted molar refractivity (Wildman–Crippen MR) is 153 cm³/mol. The van der Waals surface area contributed by atoms with Gasteiger partial charge in [-0.25, -0.2) is 0 Å². The van der Waals surface area contributed by atoms with Crippen molar-refractivity contribution in [1.29, 1.82) is 5.26 Å². The molecule has 0 bridgehead atoms. The highest BCUT2D eigenvalue weighted by molar-refractivity contribution is 9.09. The Bertz CT molecular complexity index is 1090. The monoisotopic (exact) mass is 554 g/mol. The van der Waals surface area contributed by atoms with Crippen LogP contribution in [0.1, 0.15) is 42.4 Å². The fourth-order valence-corrected chi connectivity index (χ4v) is 7.07. The Morgan fingerprint density at radius 1 is 0.865 bits per heavy atom. The van der Waals surface area contributed by atoms with Gasteiger partial charge in [0.05, 0.1) is 12.7 Å². The zero-order chi connectivity index (χ0) is 25.7. The molecule has 2 aliphatic rings. The number of ether oxygens (including phenoxy) is 1. The van der Waals surface area contributed by atoms with Crippen molar-refractivity contribution in [2.24, 2.45) is 11.8 Å². The first-order valence-electron chi connectivity index (χ1n) is 13.4. The first-order chi connectivity index (χ1) is 18.2. The van der Waals surface area contributed by atoms with Gasteiger partial charge in [-0.2, -0.15) is 5.26 Å². The van der Waals surface area contributed by atoms with Gasteiger partial charge in [0.2, 0.25) is 0 Å². The maximum absolute atomic E-state index is 10.1. The topological polar surface area (TPSA) is 36.3 Å². The van der Waals surface area contributed by atoms with Gasteiger partial charge in [-0.05, 0) is 48.3 Å². The molecule has 3 aromatic rings. The SMILES string of the molecule is C=CCN1[C@H](COC(c2ccccc2)(c2ccccc2)c2ccccc2)[C@@H](C2CCC(Br)CC2)[C@@H]1C#N. The van der Waals surface area contributed by atoms with Gasteiger partial charge in [0.1, 0.15) is 11.6 Å². The van der Waals surface area contributed by atoms with E-state index in [1.807, 2.05) is 6.08 Å². The van der Waals surface area contributed by atoms with Crippen LogP contribution in [0.15, 0.2) is 104 Å². The molecule has 3 nitrogen and oxygen atoms in total. The van der Waals surface area contributed by atoms with Gasteiger partial charge >= 0.3 is 0 Å². The number of halogens is 1. The van der Waals surface area contributed by atoms with E-state index >= 15 is 0 Å². The molecule has 1 heterocycles. The van der Waals surface area contributed by atoms with E-state index in [0.29, 0.717) is 29.8 Å².